The summed E-state index contributed by atoms with van der Waals surface area (Å²) in [4.78, 5) is 4.81. The zero-order chi connectivity index (χ0) is 12.3. The predicted octanol–water partition coefficient (Wildman–Crippen LogP) is 1.92. The van der Waals surface area contributed by atoms with E-state index in [1.54, 1.807) is 12.1 Å². The van der Waals surface area contributed by atoms with Crippen LogP contribution in [0, 0.1) is 0 Å². The monoisotopic (exact) mass is 234 g/mol. The molecule has 3 heteroatoms. The van der Waals surface area contributed by atoms with Crippen LogP contribution < -0.4 is 0 Å². The van der Waals surface area contributed by atoms with E-state index in [0.717, 1.165) is 13.1 Å². The molecule has 1 aromatic carbocycles. The Morgan fingerprint density at radius 3 is 2.65 bits per heavy atom. The number of nitrogens with zero attached hydrogens (tertiary/aromatic N) is 2. The first-order valence-corrected chi connectivity index (χ1v) is 6.32. The van der Waals surface area contributed by atoms with Crippen LogP contribution in [0.25, 0.3) is 0 Å². The van der Waals surface area contributed by atoms with E-state index in [9.17, 15) is 5.11 Å². The molecular formula is C14H22N2O. The van der Waals surface area contributed by atoms with E-state index in [4.69, 9.17) is 0 Å². The molecule has 0 aliphatic carbocycles. The minimum absolute atomic E-state index is 0.347. The number of benzene rings is 1. The zero-order valence-corrected chi connectivity index (χ0v) is 10.8. The molecule has 1 aromatic rings. The topological polar surface area (TPSA) is 26.7 Å². The molecule has 0 amide bonds. The van der Waals surface area contributed by atoms with Gasteiger partial charge in [-0.2, -0.15) is 0 Å². The summed E-state index contributed by atoms with van der Waals surface area (Å²) in [6.45, 7) is 3.33. The number of likely N-dealkylation sites (N-methyl/N-ethyl adjacent to an activating group) is 1. The molecule has 2 rings (SSSR count). The molecule has 17 heavy (non-hydrogen) atoms. The molecular weight excluding hydrogens is 212 g/mol. The van der Waals surface area contributed by atoms with Gasteiger partial charge in [0.1, 0.15) is 5.75 Å². The van der Waals surface area contributed by atoms with Gasteiger partial charge in [0.05, 0.1) is 0 Å². The summed E-state index contributed by atoms with van der Waals surface area (Å²) in [5.74, 6) is 0.347. The van der Waals surface area contributed by atoms with Crippen molar-refractivity contribution < 1.29 is 5.11 Å². The highest BCUT2D eigenvalue weighted by Crippen LogP contribution is 2.21. The Kier molecular flexibility index (Phi) is 4.02. The smallest absolute Gasteiger partial charge is 0.115 e. The molecule has 1 N–H and O–H groups in total. The van der Waals surface area contributed by atoms with Crippen molar-refractivity contribution in [2.75, 3.05) is 27.2 Å². The first kappa shape index (κ1) is 12.4. The van der Waals surface area contributed by atoms with Gasteiger partial charge in [0.2, 0.25) is 0 Å². The Morgan fingerprint density at radius 2 is 2.00 bits per heavy atom. The second kappa shape index (κ2) is 5.52. The first-order valence-electron chi connectivity index (χ1n) is 6.32. The molecule has 1 unspecified atom stereocenters. The van der Waals surface area contributed by atoms with Crippen molar-refractivity contribution in [3.63, 3.8) is 0 Å². The van der Waals surface area contributed by atoms with E-state index in [1.807, 2.05) is 12.1 Å². The van der Waals surface area contributed by atoms with Crippen molar-refractivity contribution in [1.29, 1.82) is 0 Å². The molecule has 0 aromatic heterocycles. The Hall–Kier alpha value is -1.06. The van der Waals surface area contributed by atoms with Crippen LogP contribution in [0.5, 0.6) is 5.75 Å². The maximum atomic E-state index is 9.27. The van der Waals surface area contributed by atoms with Crippen LogP contribution in [0.1, 0.15) is 18.4 Å². The van der Waals surface area contributed by atoms with Gasteiger partial charge in [0.15, 0.2) is 0 Å². The highest BCUT2D eigenvalue weighted by Gasteiger charge is 2.24. The van der Waals surface area contributed by atoms with Crippen LogP contribution in [0.4, 0.5) is 0 Å². The van der Waals surface area contributed by atoms with Gasteiger partial charge in [-0.1, -0.05) is 12.1 Å². The van der Waals surface area contributed by atoms with Crippen LogP contribution in [0.3, 0.4) is 0 Å². The van der Waals surface area contributed by atoms with E-state index >= 15 is 0 Å². The standard InChI is InChI=1S/C14H22N2O/c1-15(2)11-13-4-3-9-16(13)10-12-5-7-14(17)8-6-12/h5-8,13,17H,3-4,9-11H2,1-2H3. The van der Waals surface area contributed by atoms with E-state index in [-0.39, 0.29) is 0 Å². The molecule has 1 aliphatic heterocycles. The molecule has 0 radical (unpaired) electrons. The van der Waals surface area contributed by atoms with Crippen molar-refractivity contribution in [2.45, 2.75) is 25.4 Å². The summed E-state index contributed by atoms with van der Waals surface area (Å²) in [5, 5.41) is 9.27. The van der Waals surface area contributed by atoms with Crippen LogP contribution in [0.15, 0.2) is 24.3 Å². The summed E-state index contributed by atoms with van der Waals surface area (Å²) < 4.78 is 0. The van der Waals surface area contributed by atoms with Crippen LogP contribution in [-0.2, 0) is 6.54 Å². The van der Waals surface area contributed by atoms with E-state index in [1.165, 1.54) is 24.9 Å². The molecule has 0 bridgehead atoms. The van der Waals surface area contributed by atoms with Crippen molar-refractivity contribution in [1.82, 2.24) is 9.80 Å². The fourth-order valence-corrected chi connectivity index (χ4v) is 2.57. The minimum Gasteiger partial charge on any atom is -0.508 e. The predicted molar refractivity (Wildman–Crippen MR) is 70.1 cm³/mol. The summed E-state index contributed by atoms with van der Waals surface area (Å²) in [6.07, 6.45) is 2.60. The summed E-state index contributed by atoms with van der Waals surface area (Å²) >= 11 is 0. The molecule has 3 nitrogen and oxygen atoms in total. The normalized spacial score (nSPS) is 21.2. The largest absolute Gasteiger partial charge is 0.508 e. The van der Waals surface area contributed by atoms with E-state index in [2.05, 4.69) is 23.9 Å². The van der Waals surface area contributed by atoms with Gasteiger partial charge in [0.25, 0.3) is 0 Å². The third-order valence-corrected chi connectivity index (χ3v) is 3.40. The van der Waals surface area contributed by atoms with Crippen molar-refractivity contribution in [2.24, 2.45) is 0 Å². The number of hydrogen-bond acceptors (Lipinski definition) is 3. The number of aromatic hydroxyl groups is 1. The van der Waals surface area contributed by atoms with Crippen molar-refractivity contribution >= 4 is 0 Å². The average molecular weight is 234 g/mol. The Morgan fingerprint density at radius 1 is 1.29 bits per heavy atom. The van der Waals surface area contributed by atoms with Gasteiger partial charge in [-0.15, -0.1) is 0 Å². The zero-order valence-electron chi connectivity index (χ0n) is 10.8. The lowest BCUT2D eigenvalue weighted by Gasteiger charge is -2.27. The SMILES string of the molecule is CN(C)CC1CCCN1Cc1ccc(O)cc1. The average Bonchev–Trinajstić information content (AvgIpc) is 2.68. The maximum Gasteiger partial charge on any atom is 0.115 e. The third kappa shape index (κ3) is 3.45. The lowest BCUT2D eigenvalue weighted by atomic mass is 10.1. The molecule has 1 aliphatic rings. The summed E-state index contributed by atoms with van der Waals surface area (Å²) in [6, 6.07) is 8.25. The fourth-order valence-electron chi connectivity index (χ4n) is 2.57. The molecule has 0 spiro atoms. The van der Waals surface area contributed by atoms with Gasteiger partial charge >= 0.3 is 0 Å². The fraction of sp³-hybridized carbons (Fsp3) is 0.571. The minimum atomic E-state index is 0.347. The second-order valence-corrected chi connectivity index (χ2v) is 5.20. The summed E-state index contributed by atoms with van der Waals surface area (Å²) in [7, 11) is 4.27. The van der Waals surface area contributed by atoms with Crippen LogP contribution in [0.2, 0.25) is 0 Å². The second-order valence-electron chi connectivity index (χ2n) is 5.20. The number of likely N-dealkylation sites (tertiary alicyclic amines) is 1. The summed E-state index contributed by atoms with van der Waals surface area (Å²) in [5.41, 5.74) is 1.29. The Balaban J connectivity index is 1.95. The first-order chi connectivity index (χ1) is 8.15. The van der Waals surface area contributed by atoms with E-state index in [0.29, 0.717) is 11.8 Å². The Bertz CT molecular complexity index is 348. The lowest BCUT2D eigenvalue weighted by molar-refractivity contribution is 0.201. The number of phenols is 1. The number of hydrogen-bond donors (Lipinski definition) is 1. The van der Waals surface area contributed by atoms with Gasteiger partial charge in [-0.3, -0.25) is 4.90 Å². The molecule has 0 saturated carbocycles. The molecule has 94 valence electrons. The molecule has 1 heterocycles. The van der Waals surface area contributed by atoms with Gasteiger partial charge in [-0.05, 0) is 51.2 Å². The molecule has 1 atom stereocenters. The van der Waals surface area contributed by atoms with Crippen molar-refractivity contribution in [3.05, 3.63) is 29.8 Å². The number of rotatable bonds is 4. The van der Waals surface area contributed by atoms with Crippen LogP contribution in [-0.4, -0.2) is 48.1 Å². The van der Waals surface area contributed by atoms with E-state index < -0.39 is 0 Å². The highest BCUT2D eigenvalue weighted by atomic mass is 16.3. The Labute approximate surface area is 104 Å². The third-order valence-electron chi connectivity index (χ3n) is 3.40. The van der Waals surface area contributed by atoms with Crippen LogP contribution >= 0.6 is 0 Å². The van der Waals surface area contributed by atoms with Gasteiger partial charge in [0, 0.05) is 19.1 Å². The molecule has 1 fully saturated rings. The van der Waals surface area contributed by atoms with Gasteiger partial charge in [-0.25, -0.2) is 0 Å². The highest BCUT2D eigenvalue weighted by molar-refractivity contribution is 5.25. The lowest BCUT2D eigenvalue weighted by Crippen LogP contribution is -2.37. The van der Waals surface area contributed by atoms with Gasteiger partial charge < -0.3 is 10.0 Å². The maximum absolute atomic E-state index is 9.27. The molecule has 1 saturated heterocycles. The quantitative estimate of drug-likeness (QED) is 0.862. The number of phenolic OH excluding ortho intramolecular Hbond substituents is 1. The van der Waals surface area contributed by atoms with Crippen molar-refractivity contribution in [3.8, 4) is 5.75 Å².